The molecule has 0 aromatic rings. The van der Waals surface area contributed by atoms with Crippen molar-refractivity contribution in [1.82, 2.24) is 0 Å². The van der Waals surface area contributed by atoms with Crippen LogP contribution in [0.25, 0.3) is 0 Å². The van der Waals surface area contributed by atoms with Gasteiger partial charge in [0.05, 0.1) is 5.57 Å². The van der Waals surface area contributed by atoms with Crippen LogP contribution in [0.3, 0.4) is 0 Å². The van der Waals surface area contributed by atoms with Gasteiger partial charge in [-0.3, -0.25) is 0 Å². The van der Waals surface area contributed by atoms with Gasteiger partial charge >= 0.3 is 13.3 Å². The van der Waals surface area contributed by atoms with Crippen LogP contribution in [0.5, 0.6) is 0 Å². The normalized spacial score (nSPS) is 22.8. The molecule has 1 aliphatic rings. The van der Waals surface area contributed by atoms with Gasteiger partial charge in [0, 0.05) is 5.82 Å². The molecule has 1 unspecified atom stereocenters. The molecule has 0 amide bonds. The fraction of sp³-hybridized carbons (Fsp3) is 0.429. The molecule has 72 valence electrons. The minimum Gasteiger partial charge on any atom is -0.427 e. The van der Waals surface area contributed by atoms with Crippen LogP contribution < -0.4 is 0 Å². The zero-order valence-corrected chi connectivity index (χ0v) is 6.62. The van der Waals surface area contributed by atoms with Crippen molar-refractivity contribution in [2.75, 3.05) is 0 Å². The SMILES string of the molecule is OB(O)C1C=CC(C(F)(F)F)=CC1. The highest BCUT2D eigenvalue weighted by Crippen LogP contribution is 2.32. The molecule has 0 aromatic heterocycles. The molecule has 0 saturated carbocycles. The van der Waals surface area contributed by atoms with E-state index in [0.717, 1.165) is 18.2 Å². The molecule has 2 N–H and O–H groups in total. The third kappa shape index (κ3) is 2.60. The zero-order chi connectivity index (χ0) is 10.1. The first kappa shape index (κ1) is 10.3. The van der Waals surface area contributed by atoms with Gasteiger partial charge in [-0.25, -0.2) is 0 Å². The number of alkyl halides is 3. The largest absolute Gasteiger partial charge is 0.459 e. The van der Waals surface area contributed by atoms with E-state index in [1.807, 2.05) is 0 Å². The Balaban J connectivity index is 2.66. The highest BCUT2D eigenvalue weighted by Gasteiger charge is 2.34. The van der Waals surface area contributed by atoms with Crippen LogP contribution >= 0.6 is 0 Å². The van der Waals surface area contributed by atoms with Crippen LogP contribution in [0.2, 0.25) is 5.82 Å². The van der Waals surface area contributed by atoms with E-state index in [-0.39, 0.29) is 6.42 Å². The molecular weight excluding hydrogens is 184 g/mol. The Bertz CT molecular complexity index is 245. The summed E-state index contributed by atoms with van der Waals surface area (Å²) in [5, 5.41) is 17.3. The zero-order valence-electron chi connectivity index (χ0n) is 6.62. The molecule has 0 aliphatic heterocycles. The van der Waals surface area contributed by atoms with E-state index >= 15 is 0 Å². The lowest BCUT2D eigenvalue weighted by Crippen LogP contribution is -2.21. The Morgan fingerprint density at radius 1 is 1.38 bits per heavy atom. The van der Waals surface area contributed by atoms with Crippen molar-refractivity contribution in [3.63, 3.8) is 0 Å². The minimum atomic E-state index is -4.35. The standard InChI is InChI=1S/C7H8BF3O2/c9-7(10,11)5-1-3-6(4-2-5)8(12)13/h1-3,6,12-13H,4H2. The summed E-state index contributed by atoms with van der Waals surface area (Å²) in [7, 11) is -1.60. The maximum atomic E-state index is 12.0. The average Bonchev–Trinajstić information content (AvgIpc) is 2.03. The molecule has 0 bridgehead atoms. The van der Waals surface area contributed by atoms with Crippen LogP contribution in [-0.4, -0.2) is 23.3 Å². The monoisotopic (exact) mass is 192 g/mol. The summed E-state index contributed by atoms with van der Waals surface area (Å²) >= 11 is 0. The first-order chi connectivity index (χ1) is 5.91. The van der Waals surface area contributed by atoms with Crippen LogP contribution in [0.4, 0.5) is 13.2 Å². The van der Waals surface area contributed by atoms with Crippen LogP contribution in [0.15, 0.2) is 23.8 Å². The van der Waals surface area contributed by atoms with Crippen LogP contribution in [-0.2, 0) is 0 Å². The van der Waals surface area contributed by atoms with E-state index in [2.05, 4.69) is 0 Å². The van der Waals surface area contributed by atoms with E-state index in [9.17, 15) is 13.2 Å². The molecular formula is C7H8BF3O2. The Morgan fingerprint density at radius 2 is 2.00 bits per heavy atom. The molecule has 0 saturated heterocycles. The third-order valence-electron chi connectivity index (χ3n) is 1.84. The molecule has 0 aromatic carbocycles. The highest BCUT2D eigenvalue weighted by molar-refractivity contribution is 6.44. The topological polar surface area (TPSA) is 40.5 Å². The van der Waals surface area contributed by atoms with Crippen LogP contribution in [0, 0.1) is 0 Å². The second-order valence-corrected chi connectivity index (χ2v) is 2.83. The molecule has 1 rings (SSSR count). The minimum absolute atomic E-state index is 0.00299. The van der Waals surface area contributed by atoms with Crippen molar-refractivity contribution >= 4 is 7.12 Å². The maximum absolute atomic E-state index is 12.0. The maximum Gasteiger partial charge on any atom is 0.459 e. The molecule has 6 heteroatoms. The van der Waals surface area contributed by atoms with E-state index in [1.54, 1.807) is 0 Å². The second kappa shape index (κ2) is 3.55. The van der Waals surface area contributed by atoms with Gasteiger partial charge in [-0.1, -0.05) is 18.2 Å². The van der Waals surface area contributed by atoms with Crippen LogP contribution in [0.1, 0.15) is 6.42 Å². The van der Waals surface area contributed by atoms with Crippen molar-refractivity contribution < 1.29 is 23.2 Å². The number of hydrogen-bond donors (Lipinski definition) is 2. The Labute approximate surface area is 73.5 Å². The summed E-state index contributed by atoms with van der Waals surface area (Å²) in [5.74, 6) is -0.633. The number of hydrogen-bond acceptors (Lipinski definition) is 2. The molecule has 2 nitrogen and oxygen atoms in total. The Kier molecular flexibility index (Phi) is 2.82. The second-order valence-electron chi connectivity index (χ2n) is 2.83. The number of allylic oxidation sites excluding steroid dienone is 4. The van der Waals surface area contributed by atoms with Gasteiger partial charge in [0.1, 0.15) is 0 Å². The summed E-state index contributed by atoms with van der Waals surface area (Å²) < 4.78 is 36.1. The number of halogens is 3. The van der Waals surface area contributed by atoms with E-state index in [0.29, 0.717) is 0 Å². The number of rotatable bonds is 1. The molecule has 0 fully saturated rings. The predicted molar refractivity (Wildman–Crippen MR) is 41.8 cm³/mol. The van der Waals surface area contributed by atoms with Gasteiger partial charge in [0.15, 0.2) is 0 Å². The van der Waals surface area contributed by atoms with Gasteiger partial charge in [-0.2, -0.15) is 13.2 Å². The molecule has 0 spiro atoms. The Morgan fingerprint density at radius 3 is 2.31 bits per heavy atom. The van der Waals surface area contributed by atoms with Gasteiger partial charge in [-0.05, 0) is 6.42 Å². The third-order valence-corrected chi connectivity index (χ3v) is 1.84. The van der Waals surface area contributed by atoms with Crippen molar-refractivity contribution in [3.8, 4) is 0 Å². The first-order valence-electron chi connectivity index (χ1n) is 3.73. The van der Waals surface area contributed by atoms with Crippen molar-refractivity contribution in [3.05, 3.63) is 23.8 Å². The first-order valence-corrected chi connectivity index (χ1v) is 3.73. The summed E-state index contributed by atoms with van der Waals surface area (Å²) in [4.78, 5) is 0. The lowest BCUT2D eigenvalue weighted by molar-refractivity contribution is -0.0886. The summed E-state index contributed by atoms with van der Waals surface area (Å²) in [6.07, 6.45) is -1.35. The lowest BCUT2D eigenvalue weighted by atomic mass is 9.69. The van der Waals surface area contributed by atoms with Gasteiger partial charge in [-0.15, -0.1) is 0 Å². The quantitative estimate of drug-likeness (QED) is 0.614. The molecule has 0 radical (unpaired) electrons. The highest BCUT2D eigenvalue weighted by atomic mass is 19.4. The summed E-state index contributed by atoms with van der Waals surface area (Å²) in [6.45, 7) is 0. The predicted octanol–water partition coefficient (Wildman–Crippen LogP) is 1.28. The summed E-state index contributed by atoms with van der Waals surface area (Å²) in [6, 6.07) is 0. The average molecular weight is 192 g/mol. The van der Waals surface area contributed by atoms with Crippen molar-refractivity contribution in [1.29, 1.82) is 0 Å². The summed E-state index contributed by atoms with van der Waals surface area (Å²) in [5.41, 5.74) is -0.732. The van der Waals surface area contributed by atoms with Gasteiger partial charge in [0.2, 0.25) is 0 Å². The smallest absolute Gasteiger partial charge is 0.427 e. The van der Waals surface area contributed by atoms with E-state index in [4.69, 9.17) is 10.0 Å². The van der Waals surface area contributed by atoms with Crippen molar-refractivity contribution in [2.24, 2.45) is 0 Å². The lowest BCUT2D eigenvalue weighted by Gasteiger charge is -2.16. The van der Waals surface area contributed by atoms with E-state index < -0.39 is 24.7 Å². The fourth-order valence-corrected chi connectivity index (χ4v) is 1.07. The fourth-order valence-electron chi connectivity index (χ4n) is 1.07. The molecule has 13 heavy (non-hydrogen) atoms. The van der Waals surface area contributed by atoms with Crippen molar-refractivity contribution in [2.45, 2.75) is 18.4 Å². The van der Waals surface area contributed by atoms with Gasteiger partial charge in [0.25, 0.3) is 0 Å². The molecule has 1 atom stereocenters. The van der Waals surface area contributed by atoms with E-state index in [1.165, 1.54) is 0 Å². The van der Waals surface area contributed by atoms with Gasteiger partial charge < -0.3 is 10.0 Å². The Hall–Kier alpha value is -0.745. The molecule has 0 heterocycles. The molecule has 1 aliphatic carbocycles.